The van der Waals surface area contributed by atoms with Crippen LogP contribution in [-0.4, -0.2) is 29.3 Å². The topological polar surface area (TPSA) is 49.4 Å². The number of carbonyl (C=O) groups excluding carboxylic acids is 2. The van der Waals surface area contributed by atoms with Crippen molar-refractivity contribution >= 4 is 11.8 Å². The molecule has 4 nitrogen and oxygen atoms in total. The van der Waals surface area contributed by atoms with E-state index in [9.17, 15) is 9.59 Å². The molecule has 1 aliphatic heterocycles. The van der Waals surface area contributed by atoms with Gasteiger partial charge in [-0.25, -0.2) is 0 Å². The van der Waals surface area contributed by atoms with Crippen LogP contribution in [0.5, 0.6) is 0 Å². The highest BCUT2D eigenvalue weighted by atomic mass is 16.2. The number of carbonyl (C=O) groups is 2. The van der Waals surface area contributed by atoms with Crippen LogP contribution in [0.25, 0.3) is 0 Å². The Morgan fingerprint density at radius 1 is 1.09 bits per heavy atom. The van der Waals surface area contributed by atoms with E-state index in [2.05, 4.69) is 17.4 Å². The van der Waals surface area contributed by atoms with E-state index in [4.69, 9.17) is 0 Å². The van der Waals surface area contributed by atoms with Gasteiger partial charge >= 0.3 is 0 Å². The van der Waals surface area contributed by atoms with Crippen molar-refractivity contribution in [3.05, 3.63) is 35.4 Å². The summed E-state index contributed by atoms with van der Waals surface area (Å²) in [6.07, 6.45) is 0.880. The van der Waals surface area contributed by atoms with Crippen LogP contribution >= 0.6 is 0 Å². The van der Waals surface area contributed by atoms with Crippen LogP contribution in [0.4, 0.5) is 0 Å². The van der Waals surface area contributed by atoms with Crippen LogP contribution in [0.15, 0.2) is 24.3 Å². The highest BCUT2D eigenvalue weighted by Gasteiger charge is 2.30. The van der Waals surface area contributed by atoms with Crippen LogP contribution in [0.1, 0.15) is 38.8 Å². The van der Waals surface area contributed by atoms with Gasteiger partial charge < -0.3 is 10.2 Å². The monoisotopic (exact) mass is 302 g/mol. The summed E-state index contributed by atoms with van der Waals surface area (Å²) in [5.41, 5.74) is 2.53. The number of nitrogens with zero attached hydrogens (tertiary/aromatic N) is 1. The molecule has 0 bridgehead atoms. The molecule has 0 fully saturated rings. The lowest BCUT2D eigenvalue weighted by Crippen LogP contribution is -2.53. The first kappa shape index (κ1) is 16.5. The van der Waals surface area contributed by atoms with Gasteiger partial charge in [-0.15, -0.1) is 0 Å². The van der Waals surface area contributed by atoms with Gasteiger partial charge in [0.05, 0.1) is 0 Å². The summed E-state index contributed by atoms with van der Waals surface area (Å²) < 4.78 is 0. The molecule has 0 spiro atoms. The van der Waals surface area contributed by atoms with Crippen molar-refractivity contribution in [1.82, 2.24) is 10.2 Å². The van der Waals surface area contributed by atoms with Crippen molar-refractivity contribution in [2.24, 2.45) is 11.8 Å². The average Bonchev–Trinajstić information content (AvgIpc) is 2.50. The number of amides is 2. The van der Waals surface area contributed by atoms with Crippen LogP contribution in [0.3, 0.4) is 0 Å². The number of fused-ring (bicyclic) bond motifs is 1. The summed E-state index contributed by atoms with van der Waals surface area (Å²) in [7, 11) is 0. The summed E-state index contributed by atoms with van der Waals surface area (Å²) in [4.78, 5) is 26.6. The van der Waals surface area contributed by atoms with Crippen LogP contribution in [0.2, 0.25) is 0 Å². The molecule has 0 unspecified atom stereocenters. The predicted molar refractivity (Wildman–Crippen MR) is 87.2 cm³/mol. The van der Waals surface area contributed by atoms with Crippen molar-refractivity contribution in [3.63, 3.8) is 0 Å². The van der Waals surface area contributed by atoms with Crippen molar-refractivity contribution < 1.29 is 9.59 Å². The Bertz CT molecular complexity index is 552. The van der Waals surface area contributed by atoms with Gasteiger partial charge in [0.1, 0.15) is 6.04 Å². The first-order chi connectivity index (χ1) is 10.4. The Morgan fingerprint density at radius 3 is 2.32 bits per heavy atom. The summed E-state index contributed by atoms with van der Waals surface area (Å²) in [6, 6.07) is 7.80. The molecule has 0 saturated carbocycles. The number of rotatable bonds is 4. The second-order valence-electron chi connectivity index (χ2n) is 6.66. The van der Waals surface area contributed by atoms with E-state index < -0.39 is 6.04 Å². The zero-order valence-electron chi connectivity index (χ0n) is 13.9. The zero-order chi connectivity index (χ0) is 16.3. The molecule has 1 atom stereocenters. The Hall–Kier alpha value is -1.84. The van der Waals surface area contributed by atoms with E-state index in [-0.39, 0.29) is 23.7 Å². The third-order valence-corrected chi connectivity index (χ3v) is 4.20. The molecular formula is C18H26N2O2. The molecule has 2 rings (SSSR count). The van der Waals surface area contributed by atoms with Gasteiger partial charge in [0.2, 0.25) is 11.8 Å². The first-order valence-corrected chi connectivity index (χ1v) is 8.06. The lowest BCUT2D eigenvalue weighted by Gasteiger charge is -2.33. The molecule has 0 radical (unpaired) electrons. The standard InChI is InChI=1S/C18H26N2O2/c1-12(2)16(19-17(21)13(3)4)18(22)20-10-9-14-7-5-6-8-15(14)11-20/h5-8,12-13,16H,9-11H2,1-4H3,(H,19,21)/t16-/m0/s1. The molecule has 1 aromatic rings. The third-order valence-electron chi connectivity index (χ3n) is 4.20. The lowest BCUT2D eigenvalue weighted by atomic mass is 9.97. The molecule has 1 aliphatic rings. The van der Waals surface area contributed by atoms with Crippen LogP contribution in [-0.2, 0) is 22.6 Å². The highest BCUT2D eigenvalue weighted by Crippen LogP contribution is 2.20. The first-order valence-electron chi connectivity index (χ1n) is 8.06. The molecule has 120 valence electrons. The molecule has 0 aliphatic carbocycles. The van der Waals surface area contributed by atoms with E-state index in [1.54, 1.807) is 0 Å². The minimum atomic E-state index is -0.444. The molecule has 4 heteroatoms. The Labute approximate surface area is 132 Å². The minimum Gasteiger partial charge on any atom is -0.344 e. The Balaban J connectivity index is 2.10. The molecule has 0 saturated heterocycles. The normalized spacial score (nSPS) is 15.6. The fraction of sp³-hybridized carbons (Fsp3) is 0.556. The molecule has 22 heavy (non-hydrogen) atoms. The van der Waals surface area contributed by atoms with Gasteiger partial charge in [0.25, 0.3) is 0 Å². The summed E-state index contributed by atoms with van der Waals surface area (Å²) >= 11 is 0. The number of benzene rings is 1. The zero-order valence-corrected chi connectivity index (χ0v) is 13.9. The van der Waals surface area contributed by atoms with Crippen molar-refractivity contribution in [1.29, 1.82) is 0 Å². The van der Waals surface area contributed by atoms with E-state index in [0.29, 0.717) is 6.54 Å². The van der Waals surface area contributed by atoms with Crippen molar-refractivity contribution in [3.8, 4) is 0 Å². The Kier molecular flexibility index (Phi) is 5.22. The van der Waals surface area contributed by atoms with Gasteiger partial charge in [0, 0.05) is 19.0 Å². The molecule has 1 aromatic carbocycles. The quantitative estimate of drug-likeness (QED) is 0.928. The molecule has 1 heterocycles. The van der Waals surface area contributed by atoms with Crippen LogP contribution < -0.4 is 5.32 Å². The average molecular weight is 302 g/mol. The smallest absolute Gasteiger partial charge is 0.245 e. The van der Waals surface area contributed by atoms with Crippen molar-refractivity contribution in [2.75, 3.05) is 6.54 Å². The third kappa shape index (κ3) is 3.67. The maximum atomic E-state index is 12.8. The van der Waals surface area contributed by atoms with E-state index in [1.165, 1.54) is 11.1 Å². The van der Waals surface area contributed by atoms with Gasteiger partial charge in [0.15, 0.2) is 0 Å². The van der Waals surface area contributed by atoms with Crippen LogP contribution in [0, 0.1) is 11.8 Å². The van der Waals surface area contributed by atoms with Gasteiger partial charge in [-0.1, -0.05) is 52.0 Å². The second kappa shape index (κ2) is 6.95. The molecule has 2 amide bonds. The molecule has 0 aromatic heterocycles. The minimum absolute atomic E-state index is 0.0264. The van der Waals surface area contributed by atoms with Gasteiger partial charge in [-0.05, 0) is 23.5 Å². The predicted octanol–water partition coefficient (Wildman–Crippen LogP) is 2.37. The van der Waals surface area contributed by atoms with E-state index in [0.717, 1.165) is 13.0 Å². The number of nitrogens with one attached hydrogen (secondary N) is 1. The number of hydrogen-bond donors (Lipinski definition) is 1. The SMILES string of the molecule is CC(C)C(=O)N[C@H](C(=O)N1CCc2ccccc2C1)C(C)C. The van der Waals surface area contributed by atoms with E-state index >= 15 is 0 Å². The maximum Gasteiger partial charge on any atom is 0.245 e. The Morgan fingerprint density at radius 2 is 1.73 bits per heavy atom. The fourth-order valence-electron chi connectivity index (χ4n) is 2.71. The van der Waals surface area contributed by atoms with Crippen molar-refractivity contribution in [2.45, 2.75) is 46.7 Å². The van der Waals surface area contributed by atoms with Gasteiger partial charge in [-0.3, -0.25) is 9.59 Å². The summed E-state index contributed by atoms with van der Waals surface area (Å²) in [5, 5.41) is 2.91. The maximum absolute atomic E-state index is 12.8. The second-order valence-corrected chi connectivity index (χ2v) is 6.66. The fourth-order valence-corrected chi connectivity index (χ4v) is 2.71. The lowest BCUT2D eigenvalue weighted by molar-refractivity contribution is -0.139. The van der Waals surface area contributed by atoms with Gasteiger partial charge in [-0.2, -0.15) is 0 Å². The molecule has 1 N–H and O–H groups in total. The molecular weight excluding hydrogens is 276 g/mol. The summed E-state index contributed by atoms with van der Waals surface area (Å²) in [6.45, 7) is 8.98. The summed E-state index contributed by atoms with van der Waals surface area (Å²) in [5.74, 6) is -0.0773. The van der Waals surface area contributed by atoms with E-state index in [1.807, 2.05) is 44.7 Å². The number of hydrogen-bond acceptors (Lipinski definition) is 2. The highest BCUT2D eigenvalue weighted by molar-refractivity contribution is 5.88. The largest absolute Gasteiger partial charge is 0.344 e.